The van der Waals surface area contributed by atoms with Crippen LogP contribution in [0.25, 0.3) is 0 Å². The number of hydrogen-bond acceptors (Lipinski definition) is 3. The maximum Gasteiger partial charge on any atom is 0.249 e. The van der Waals surface area contributed by atoms with Gasteiger partial charge in [0.25, 0.3) is 0 Å². The molecule has 0 saturated carbocycles. The van der Waals surface area contributed by atoms with Crippen LogP contribution in [0.3, 0.4) is 0 Å². The normalized spacial score (nSPS) is 22.4. The fourth-order valence-electron chi connectivity index (χ4n) is 3.06. The van der Waals surface area contributed by atoms with Crippen LogP contribution in [-0.4, -0.2) is 45.8 Å². The van der Waals surface area contributed by atoms with Crippen molar-refractivity contribution in [3.05, 3.63) is 0 Å². The van der Waals surface area contributed by atoms with Gasteiger partial charge < -0.3 is 10.2 Å². The highest BCUT2D eigenvalue weighted by Gasteiger charge is 2.48. The summed E-state index contributed by atoms with van der Waals surface area (Å²) in [6, 6.07) is -0.381. The predicted octanol–water partition coefficient (Wildman–Crippen LogP) is 2.81. The van der Waals surface area contributed by atoms with Gasteiger partial charge in [0, 0.05) is 11.3 Å². The summed E-state index contributed by atoms with van der Waals surface area (Å²) >= 11 is 1.81. The smallest absolute Gasteiger partial charge is 0.249 e. The molecule has 0 aliphatic carbocycles. The monoisotopic (exact) mass is 314 g/mol. The van der Waals surface area contributed by atoms with E-state index in [0.717, 1.165) is 12.8 Å². The van der Waals surface area contributed by atoms with Gasteiger partial charge in [-0.2, -0.15) is 11.8 Å². The van der Waals surface area contributed by atoms with Crippen molar-refractivity contribution in [1.82, 2.24) is 10.2 Å². The number of rotatable bonds is 7. The standard InChI is InChI=1S/C16H30N2O2S/c1-7-15(8-2,21-6)11-18-12(5)13(19)17-16(9-3,10-4)14(18)20/h12H,7-11H2,1-6H3,(H,17,19). The van der Waals surface area contributed by atoms with E-state index >= 15 is 0 Å². The van der Waals surface area contributed by atoms with Crippen molar-refractivity contribution < 1.29 is 9.59 Å². The maximum atomic E-state index is 13.0. The van der Waals surface area contributed by atoms with E-state index in [1.807, 2.05) is 25.7 Å². The molecule has 0 bridgehead atoms. The summed E-state index contributed by atoms with van der Waals surface area (Å²) < 4.78 is 0.0365. The van der Waals surface area contributed by atoms with Crippen molar-refractivity contribution in [2.45, 2.75) is 76.6 Å². The Bertz CT molecular complexity index is 381. The van der Waals surface area contributed by atoms with Gasteiger partial charge in [-0.3, -0.25) is 9.59 Å². The molecule has 2 amide bonds. The molecule has 21 heavy (non-hydrogen) atoms. The van der Waals surface area contributed by atoms with Gasteiger partial charge in [-0.05, 0) is 38.9 Å². The number of nitrogens with one attached hydrogen (secondary N) is 1. The number of piperazine rings is 1. The highest BCUT2D eigenvalue weighted by molar-refractivity contribution is 8.00. The minimum absolute atomic E-state index is 0.0273. The van der Waals surface area contributed by atoms with Gasteiger partial charge in [-0.15, -0.1) is 0 Å². The minimum atomic E-state index is -0.713. The maximum absolute atomic E-state index is 13.0. The highest BCUT2D eigenvalue weighted by Crippen LogP contribution is 2.34. The largest absolute Gasteiger partial charge is 0.340 e. The number of hydrogen-bond donors (Lipinski definition) is 1. The topological polar surface area (TPSA) is 49.4 Å². The minimum Gasteiger partial charge on any atom is -0.340 e. The second-order valence-electron chi connectivity index (χ2n) is 5.98. The lowest BCUT2D eigenvalue weighted by molar-refractivity contribution is -0.155. The third-order valence-corrected chi connectivity index (χ3v) is 6.84. The zero-order valence-corrected chi connectivity index (χ0v) is 15.1. The molecule has 1 unspecified atom stereocenters. The molecule has 1 N–H and O–H groups in total. The molecule has 1 atom stereocenters. The van der Waals surface area contributed by atoms with Crippen LogP contribution < -0.4 is 5.32 Å². The number of amides is 2. The number of thioether (sulfide) groups is 1. The van der Waals surface area contributed by atoms with E-state index in [1.165, 1.54) is 0 Å². The third-order valence-electron chi connectivity index (χ3n) is 5.27. The van der Waals surface area contributed by atoms with Crippen LogP contribution in [0.4, 0.5) is 0 Å². The van der Waals surface area contributed by atoms with Crippen LogP contribution in [-0.2, 0) is 9.59 Å². The zero-order chi connectivity index (χ0) is 16.3. The Morgan fingerprint density at radius 3 is 2.10 bits per heavy atom. The first kappa shape index (κ1) is 18.3. The fraction of sp³-hybridized carbons (Fsp3) is 0.875. The summed E-state index contributed by atoms with van der Waals surface area (Å²) in [6.07, 6.45) is 5.37. The van der Waals surface area contributed by atoms with Gasteiger partial charge >= 0.3 is 0 Å². The molecule has 1 aliphatic rings. The Balaban J connectivity index is 3.13. The number of carbonyl (C=O) groups is 2. The van der Waals surface area contributed by atoms with Gasteiger partial charge in [0.15, 0.2) is 0 Å². The Morgan fingerprint density at radius 1 is 1.19 bits per heavy atom. The lowest BCUT2D eigenvalue weighted by atomic mass is 9.86. The molecule has 1 rings (SSSR count). The average molecular weight is 314 g/mol. The lowest BCUT2D eigenvalue weighted by Crippen LogP contribution is -2.70. The van der Waals surface area contributed by atoms with Crippen molar-refractivity contribution in [1.29, 1.82) is 0 Å². The summed E-state index contributed by atoms with van der Waals surface area (Å²) in [5.41, 5.74) is -0.713. The van der Waals surface area contributed by atoms with Gasteiger partial charge in [-0.25, -0.2) is 0 Å². The van der Waals surface area contributed by atoms with Crippen LogP contribution in [0.5, 0.6) is 0 Å². The summed E-state index contributed by atoms with van der Waals surface area (Å²) in [6.45, 7) is 10.7. The van der Waals surface area contributed by atoms with E-state index in [4.69, 9.17) is 0 Å². The van der Waals surface area contributed by atoms with Gasteiger partial charge in [0.1, 0.15) is 11.6 Å². The van der Waals surface area contributed by atoms with E-state index in [-0.39, 0.29) is 22.6 Å². The Morgan fingerprint density at radius 2 is 1.71 bits per heavy atom. The molecule has 1 saturated heterocycles. The first-order valence-corrected chi connectivity index (χ1v) is 9.26. The molecular formula is C16H30N2O2S. The van der Waals surface area contributed by atoms with Crippen LogP contribution in [0.15, 0.2) is 0 Å². The molecule has 0 spiro atoms. The predicted molar refractivity (Wildman–Crippen MR) is 89.5 cm³/mol. The van der Waals surface area contributed by atoms with Crippen LogP contribution in [0.1, 0.15) is 60.3 Å². The molecule has 1 heterocycles. The summed E-state index contributed by atoms with van der Waals surface area (Å²) in [5.74, 6) is 0.0560. The third kappa shape index (κ3) is 3.22. The molecule has 0 aromatic rings. The first-order chi connectivity index (χ1) is 9.85. The van der Waals surface area contributed by atoms with Crippen molar-refractivity contribution in [2.24, 2.45) is 0 Å². The van der Waals surface area contributed by atoms with E-state index < -0.39 is 5.54 Å². The highest BCUT2D eigenvalue weighted by atomic mass is 32.2. The van der Waals surface area contributed by atoms with Gasteiger partial charge in [0.05, 0.1) is 0 Å². The van der Waals surface area contributed by atoms with Crippen LogP contribution in [0.2, 0.25) is 0 Å². The van der Waals surface area contributed by atoms with Crippen LogP contribution in [0, 0.1) is 0 Å². The molecular weight excluding hydrogens is 284 g/mol. The van der Waals surface area contributed by atoms with Crippen LogP contribution >= 0.6 is 11.8 Å². The molecule has 1 fully saturated rings. The molecule has 1 aliphatic heterocycles. The second kappa shape index (κ2) is 7.03. The van der Waals surface area contributed by atoms with Crippen molar-refractivity contribution >= 4 is 23.6 Å². The molecule has 0 aromatic heterocycles. The van der Waals surface area contributed by atoms with E-state index in [2.05, 4.69) is 25.4 Å². The molecule has 5 heteroatoms. The Labute approximate surface area is 133 Å². The average Bonchev–Trinajstić information content (AvgIpc) is 2.52. The van der Waals surface area contributed by atoms with Gasteiger partial charge in [0.2, 0.25) is 11.8 Å². The van der Waals surface area contributed by atoms with Crippen molar-refractivity contribution in [2.75, 3.05) is 12.8 Å². The van der Waals surface area contributed by atoms with Crippen molar-refractivity contribution in [3.8, 4) is 0 Å². The second-order valence-corrected chi connectivity index (χ2v) is 7.26. The Hall–Kier alpha value is -0.710. The first-order valence-electron chi connectivity index (χ1n) is 8.03. The summed E-state index contributed by atoms with van der Waals surface area (Å²) in [7, 11) is 0. The molecule has 4 nitrogen and oxygen atoms in total. The Kier molecular flexibility index (Phi) is 6.14. The molecule has 0 aromatic carbocycles. The van der Waals surface area contributed by atoms with E-state index in [1.54, 1.807) is 11.8 Å². The van der Waals surface area contributed by atoms with E-state index in [0.29, 0.717) is 19.4 Å². The van der Waals surface area contributed by atoms with Crippen molar-refractivity contribution in [3.63, 3.8) is 0 Å². The summed E-state index contributed by atoms with van der Waals surface area (Å²) in [4.78, 5) is 27.1. The summed E-state index contributed by atoms with van der Waals surface area (Å²) in [5, 5.41) is 2.96. The zero-order valence-electron chi connectivity index (χ0n) is 14.3. The number of carbonyl (C=O) groups excluding carboxylic acids is 2. The molecule has 122 valence electrons. The lowest BCUT2D eigenvalue weighted by Gasteiger charge is -2.47. The molecule has 0 radical (unpaired) electrons. The van der Waals surface area contributed by atoms with Gasteiger partial charge in [-0.1, -0.05) is 27.7 Å². The number of nitrogens with zero attached hydrogens (tertiary/aromatic N) is 1. The SMILES string of the molecule is CCC(CC)(CN1C(=O)C(CC)(CC)NC(=O)C1C)SC. The quantitative estimate of drug-likeness (QED) is 0.786. The van der Waals surface area contributed by atoms with E-state index in [9.17, 15) is 9.59 Å². The fourth-order valence-corrected chi connectivity index (χ4v) is 3.91.